The molecule has 11 amide bonds. The lowest BCUT2D eigenvalue weighted by molar-refractivity contribution is -0.157. The number of nitrogens with zero attached hydrogens (tertiary/aromatic N) is 6. The number of aliphatic hydroxyl groups is 1. The van der Waals surface area contributed by atoms with Crippen LogP contribution in [0, 0.1) is 41.4 Å². The lowest BCUT2D eigenvalue weighted by atomic mass is 9.90. The molecule has 0 radical (unpaired) electrons. The summed E-state index contributed by atoms with van der Waals surface area (Å²) in [6, 6.07) is -11.2. The van der Waals surface area contributed by atoms with Gasteiger partial charge >= 0.3 is 0 Å². The van der Waals surface area contributed by atoms with Crippen molar-refractivity contribution in [2.75, 3.05) is 48.8 Å². The molecule has 0 saturated carbocycles. The van der Waals surface area contributed by atoms with Crippen LogP contribution < -0.4 is 26.6 Å². The van der Waals surface area contributed by atoms with Crippen LogP contribution in [0.25, 0.3) is 0 Å². The molecule has 85 heavy (non-hydrogen) atoms. The number of hydrogen-bond acceptors (Lipinski definition) is 12. The van der Waals surface area contributed by atoms with Crippen molar-refractivity contribution in [1.29, 1.82) is 0 Å². The summed E-state index contributed by atoms with van der Waals surface area (Å²) in [5, 5.41) is 25.9. The third-order valence-corrected chi connectivity index (χ3v) is 16.2. The predicted octanol–water partition coefficient (Wildman–Crippen LogP) is 3.32. The van der Waals surface area contributed by atoms with Crippen LogP contribution in [-0.4, -0.2) is 214 Å². The Kier molecular flexibility index (Phi) is 31.0. The molecule has 486 valence electrons. The molecule has 1 rings (SSSR count). The number of allylic oxidation sites excluding steroid dienone is 2. The van der Waals surface area contributed by atoms with Crippen LogP contribution in [0.4, 0.5) is 0 Å². The fraction of sp³-hybridized carbons (Fsp3) is 0.790. The molecule has 1 heterocycles. The molecule has 0 spiro atoms. The fourth-order valence-corrected chi connectivity index (χ4v) is 10.5. The minimum atomic E-state index is -1.73. The van der Waals surface area contributed by atoms with Gasteiger partial charge in [-0.25, -0.2) is 0 Å². The summed E-state index contributed by atoms with van der Waals surface area (Å²) in [6.45, 7) is 30.7. The molecule has 0 aromatic carbocycles. The van der Waals surface area contributed by atoms with Crippen LogP contribution in [0.2, 0.25) is 0 Å². The van der Waals surface area contributed by atoms with Crippen LogP contribution in [0.3, 0.4) is 0 Å². The first-order valence-corrected chi connectivity index (χ1v) is 30.5. The standard InChI is InChI=1S/C62H111N11O12/c1-25-27-28-40(15)51(75)50-56(80)67-62(18,26-2)61(85)68(19)33-47(74)69(20)44(30-35(5)6)55(79)66-48(38(11)12)59(83)70(21)45(31-36(7)8)54(78)64-41(16)52(76)63-42(17)53(77)65-43(29-34(3)4)57(81)71(22)46(32-37(9)10)58(82)72(23)49(39(13)14)60(84)73(50)24/h25,27,34-46,48-51,75H,26,28-33H2,1-24H3,(H,63,76)(H,64,78)(H,65,77)(H,66,79)(H,67,80)/b27-25+/t40-,41+,42-,43+,44+,45-,46+,48+,49-,50+,51-,62?/m1/s1. The zero-order chi connectivity index (χ0) is 66.0. The first-order chi connectivity index (χ1) is 39.1. The molecule has 1 aliphatic heterocycles. The van der Waals surface area contributed by atoms with Crippen LogP contribution in [0.5, 0.6) is 0 Å². The molecule has 0 bridgehead atoms. The second-order valence-corrected chi connectivity index (χ2v) is 26.4. The first-order valence-electron chi connectivity index (χ1n) is 30.5. The number of hydrogen-bond donors (Lipinski definition) is 6. The maximum atomic E-state index is 15.2. The number of nitrogens with one attached hydrogen (secondary N) is 5. The molecular formula is C62H111N11O12. The van der Waals surface area contributed by atoms with E-state index in [9.17, 15) is 48.3 Å². The van der Waals surface area contributed by atoms with Gasteiger partial charge in [0, 0.05) is 42.3 Å². The van der Waals surface area contributed by atoms with Crippen LogP contribution in [0.15, 0.2) is 12.2 Å². The van der Waals surface area contributed by atoms with Crippen molar-refractivity contribution in [2.24, 2.45) is 41.4 Å². The van der Waals surface area contributed by atoms with Gasteiger partial charge in [0.05, 0.1) is 12.6 Å². The van der Waals surface area contributed by atoms with Crippen molar-refractivity contribution in [3.8, 4) is 0 Å². The predicted molar refractivity (Wildman–Crippen MR) is 328 cm³/mol. The molecule has 0 aromatic heterocycles. The highest BCUT2D eigenvalue weighted by Crippen LogP contribution is 2.26. The summed E-state index contributed by atoms with van der Waals surface area (Å²) in [5.41, 5.74) is -1.73. The quantitative estimate of drug-likeness (QED) is 0.129. The number of likely N-dealkylation sites (N-methyl/N-ethyl adjacent to an activating group) is 6. The Labute approximate surface area is 508 Å². The van der Waals surface area contributed by atoms with Gasteiger partial charge < -0.3 is 61.1 Å². The van der Waals surface area contributed by atoms with Gasteiger partial charge in [-0.2, -0.15) is 0 Å². The average molecular weight is 1200 g/mol. The monoisotopic (exact) mass is 1200 g/mol. The summed E-state index contributed by atoms with van der Waals surface area (Å²) in [7, 11) is 8.45. The van der Waals surface area contributed by atoms with E-state index in [-0.39, 0.29) is 55.8 Å². The second-order valence-electron chi connectivity index (χ2n) is 26.4. The fourth-order valence-electron chi connectivity index (χ4n) is 10.5. The van der Waals surface area contributed by atoms with E-state index >= 15 is 9.59 Å². The van der Waals surface area contributed by atoms with Crippen LogP contribution >= 0.6 is 0 Å². The van der Waals surface area contributed by atoms with E-state index in [1.807, 2.05) is 55.4 Å². The molecule has 1 unspecified atom stereocenters. The summed E-state index contributed by atoms with van der Waals surface area (Å²) in [5.74, 6) is -9.95. The highest BCUT2D eigenvalue weighted by atomic mass is 16.3. The van der Waals surface area contributed by atoms with Crippen molar-refractivity contribution < 1.29 is 57.8 Å². The maximum Gasteiger partial charge on any atom is 0.248 e. The third-order valence-electron chi connectivity index (χ3n) is 16.2. The Bertz CT molecular complexity index is 2340. The van der Waals surface area contributed by atoms with Gasteiger partial charge in [-0.3, -0.25) is 52.7 Å². The van der Waals surface area contributed by atoms with Gasteiger partial charge in [-0.15, -0.1) is 0 Å². The summed E-state index contributed by atoms with van der Waals surface area (Å²) < 4.78 is 0. The molecule has 12 atom stereocenters. The van der Waals surface area contributed by atoms with E-state index in [1.54, 1.807) is 60.6 Å². The van der Waals surface area contributed by atoms with Crippen LogP contribution in [-0.2, 0) is 52.7 Å². The third kappa shape index (κ3) is 21.7. The summed E-state index contributed by atoms with van der Waals surface area (Å²) >= 11 is 0. The van der Waals surface area contributed by atoms with E-state index in [0.717, 1.165) is 9.80 Å². The molecule has 23 nitrogen and oxygen atoms in total. The number of carbonyl (C=O) groups excluding carboxylic acids is 11. The maximum absolute atomic E-state index is 15.2. The minimum Gasteiger partial charge on any atom is -0.390 e. The highest BCUT2D eigenvalue weighted by Gasteiger charge is 2.47. The smallest absolute Gasteiger partial charge is 0.248 e. The largest absolute Gasteiger partial charge is 0.390 e. The van der Waals surface area contributed by atoms with E-state index in [1.165, 1.54) is 82.7 Å². The minimum absolute atomic E-state index is 0.0121. The molecule has 23 heteroatoms. The normalized spacial score (nSPS) is 27.7. The van der Waals surface area contributed by atoms with Gasteiger partial charge in [-0.1, -0.05) is 109 Å². The SMILES string of the molecule is C/C=C/C[C@@H](C)[C@@H](O)[C@H]1C(=O)NC(C)(CC)C(=O)N(C)CC(=O)N(C)[C@@H](CC(C)C)C(=O)N[C@@H](C(C)C)C(=O)N(C)[C@H](CC(C)C)C(=O)N[C@@H](C)C(=O)N[C@H](C)C(=O)N[C@@H](CC(C)C)C(=O)N(C)[C@@H](CC(C)C)C(=O)N(C)[C@H](C(C)C)C(=O)N1C. The van der Waals surface area contributed by atoms with Gasteiger partial charge in [-0.05, 0) is 108 Å². The van der Waals surface area contributed by atoms with E-state index in [2.05, 4.69) is 26.6 Å². The van der Waals surface area contributed by atoms with Crippen molar-refractivity contribution in [2.45, 2.75) is 229 Å². The van der Waals surface area contributed by atoms with Crippen molar-refractivity contribution in [3.05, 3.63) is 12.2 Å². The van der Waals surface area contributed by atoms with Gasteiger partial charge in [0.2, 0.25) is 65.0 Å². The number of carbonyl (C=O) groups is 11. The summed E-state index contributed by atoms with van der Waals surface area (Å²) in [4.78, 5) is 167. The first kappa shape index (κ1) is 76.9. The molecule has 1 aliphatic rings. The molecular weight excluding hydrogens is 1090 g/mol. The second kappa shape index (κ2) is 34.3. The molecule has 0 aliphatic carbocycles. The summed E-state index contributed by atoms with van der Waals surface area (Å²) in [6.07, 6.45) is 2.94. The van der Waals surface area contributed by atoms with Gasteiger partial charge in [0.25, 0.3) is 0 Å². The number of amides is 11. The Morgan fingerprint density at radius 1 is 0.518 bits per heavy atom. The number of rotatable bonds is 15. The van der Waals surface area contributed by atoms with Gasteiger partial charge in [0.1, 0.15) is 59.9 Å². The van der Waals surface area contributed by atoms with E-state index < -0.39 is 155 Å². The van der Waals surface area contributed by atoms with Crippen molar-refractivity contribution >= 4 is 65.0 Å². The van der Waals surface area contributed by atoms with Crippen molar-refractivity contribution in [3.63, 3.8) is 0 Å². The van der Waals surface area contributed by atoms with Crippen LogP contribution in [0.1, 0.15) is 163 Å². The van der Waals surface area contributed by atoms with E-state index in [4.69, 9.17) is 0 Å². The Morgan fingerprint density at radius 2 is 0.953 bits per heavy atom. The Hall–Kier alpha value is -6.13. The lowest BCUT2D eigenvalue weighted by Gasteiger charge is -2.42. The highest BCUT2D eigenvalue weighted by molar-refractivity contribution is 6.00. The lowest BCUT2D eigenvalue weighted by Crippen LogP contribution is -2.66. The Morgan fingerprint density at radius 3 is 1.41 bits per heavy atom. The molecule has 1 saturated heterocycles. The Balaban J connectivity index is 4.33. The topological polar surface area (TPSA) is 288 Å². The zero-order valence-electron chi connectivity index (χ0n) is 56.0. The van der Waals surface area contributed by atoms with Gasteiger partial charge in [0.15, 0.2) is 0 Å². The molecule has 6 N–H and O–H groups in total. The molecule has 1 fully saturated rings. The van der Waals surface area contributed by atoms with E-state index in [0.29, 0.717) is 6.42 Å². The average Bonchev–Trinajstić information content (AvgIpc) is 2.99. The van der Waals surface area contributed by atoms with Crippen molar-refractivity contribution in [1.82, 2.24) is 56.0 Å². The number of aliphatic hydroxyl groups excluding tert-OH is 1. The molecule has 0 aromatic rings. The zero-order valence-corrected chi connectivity index (χ0v) is 56.0.